The summed E-state index contributed by atoms with van der Waals surface area (Å²) in [6, 6.07) is 1.76. The van der Waals surface area contributed by atoms with Gasteiger partial charge in [0, 0.05) is 24.6 Å². The Morgan fingerprint density at radius 1 is 1.45 bits per heavy atom. The highest BCUT2D eigenvalue weighted by molar-refractivity contribution is 5.74. The minimum atomic E-state index is -0.547. The smallest absolute Gasteiger partial charge is 0.317 e. The third-order valence-electron chi connectivity index (χ3n) is 4.69. The van der Waals surface area contributed by atoms with E-state index in [2.05, 4.69) is 5.32 Å². The first kappa shape index (κ1) is 15.4. The van der Waals surface area contributed by atoms with E-state index in [4.69, 9.17) is 13.9 Å². The molecule has 122 valence electrons. The number of hydrogen-bond acceptors (Lipinski definition) is 4. The summed E-state index contributed by atoms with van der Waals surface area (Å²) >= 11 is 0. The van der Waals surface area contributed by atoms with Gasteiger partial charge in [0.05, 0.1) is 31.8 Å². The van der Waals surface area contributed by atoms with Gasteiger partial charge in [-0.25, -0.2) is 4.79 Å². The van der Waals surface area contributed by atoms with E-state index in [1.165, 1.54) is 0 Å². The van der Waals surface area contributed by atoms with Crippen LogP contribution >= 0.6 is 0 Å². The van der Waals surface area contributed by atoms with Crippen molar-refractivity contribution in [1.82, 2.24) is 10.2 Å². The predicted molar refractivity (Wildman–Crippen MR) is 80.3 cm³/mol. The lowest BCUT2D eigenvalue weighted by Gasteiger charge is -2.40. The molecule has 1 N–H and O–H groups in total. The molecule has 0 saturated carbocycles. The van der Waals surface area contributed by atoms with Gasteiger partial charge in [0.25, 0.3) is 0 Å². The van der Waals surface area contributed by atoms with E-state index >= 15 is 0 Å². The number of carbonyl (C=O) groups excluding carboxylic acids is 1. The van der Waals surface area contributed by atoms with Crippen molar-refractivity contribution in [3.63, 3.8) is 0 Å². The minimum Gasteiger partial charge on any atom is -0.472 e. The third kappa shape index (κ3) is 3.13. The van der Waals surface area contributed by atoms with Crippen LogP contribution in [0.3, 0.4) is 0 Å². The Labute approximate surface area is 130 Å². The summed E-state index contributed by atoms with van der Waals surface area (Å²) in [5.41, 5.74) is 0.969. The molecule has 2 saturated heterocycles. The van der Waals surface area contributed by atoms with Crippen LogP contribution in [0, 0.1) is 5.92 Å². The van der Waals surface area contributed by atoms with Crippen molar-refractivity contribution in [2.24, 2.45) is 5.92 Å². The molecule has 22 heavy (non-hydrogen) atoms. The molecule has 0 bridgehead atoms. The Morgan fingerprint density at radius 2 is 2.23 bits per heavy atom. The summed E-state index contributed by atoms with van der Waals surface area (Å²) in [5.74, 6) is -0.325. The molecule has 6 heteroatoms. The van der Waals surface area contributed by atoms with E-state index in [0.29, 0.717) is 19.8 Å². The van der Waals surface area contributed by atoms with Gasteiger partial charge in [0.15, 0.2) is 5.79 Å². The average molecular weight is 308 g/mol. The number of carbonyl (C=O) groups is 1. The summed E-state index contributed by atoms with van der Waals surface area (Å²) in [6.07, 6.45) is 5.27. The van der Waals surface area contributed by atoms with Gasteiger partial charge in [-0.1, -0.05) is 0 Å². The fourth-order valence-corrected chi connectivity index (χ4v) is 3.24. The molecule has 2 fully saturated rings. The zero-order chi connectivity index (χ0) is 15.6. The molecule has 0 unspecified atom stereocenters. The van der Waals surface area contributed by atoms with Gasteiger partial charge in [0.2, 0.25) is 0 Å². The van der Waals surface area contributed by atoms with E-state index in [1.807, 2.05) is 24.8 Å². The predicted octanol–water partition coefficient (Wildman–Crippen LogP) is 2.53. The maximum Gasteiger partial charge on any atom is 0.317 e. The minimum absolute atomic E-state index is 0.0417. The van der Waals surface area contributed by atoms with Gasteiger partial charge in [-0.15, -0.1) is 0 Å². The van der Waals surface area contributed by atoms with Gasteiger partial charge in [-0.3, -0.25) is 0 Å². The van der Waals surface area contributed by atoms with Crippen molar-refractivity contribution in [2.75, 3.05) is 26.3 Å². The molecule has 2 amide bonds. The number of furan rings is 1. The highest BCUT2D eigenvalue weighted by Crippen LogP contribution is 2.34. The molecule has 0 aromatic carbocycles. The lowest BCUT2D eigenvalue weighted by Crippen LogP contribution is -2.51. The summed E-state index contributed by atoms with van der Waals surface area (Å²) in [7, 11) is 0. The number of ether oxygens (including phenoxy) is 2. The topological polar surface area (TPSA) is 63.9 Å². The summed E-state index contributed by atoms with van der Waals surface area (Å²) in [5, 5.41) is 3.02. The second-order valence-electron chi connectivity index (χ2n) is 6.23. The molecule has 3 heterocycles. The zero-order valence-electron chi connectivity index (χ0n) is 13.2. The molecule has 2 aliphatic heterocycles. The molecule has 0 radical (unpaired) electrons. The van der Waals surface area contributed by atoms with Gasteiger partial charge in [-0.2, -0.15) is 0 Å². The molecular weight excluding hydrogens is 284 g/mol. The van der Waals surface area contributed by atoms with E-state index in [1.54, 1.807) is 12.5 Å². The molecule has 2 atom stereocenters. The van der Waals surface area contributed by atoms with Crippen LogP contribution in [0.1, 0.15) is 38.3 Å². The van der Waals surface area contributed by atoms with E-state index < -0.39 is 5.79 Å². The monoisotopic (exact) mass is 308 g/mol. The quantitative estimate of drug-likeness (QED) is 0.932. The Hall–Kier alpha value is -1.53. The molecule has 2 aliphatic rings. The normalized spacial score (nSPS) is 25.9. The largest absolute Gasteiger partial charge is 0.472 e. The molecule has 1 aromatic rings. The van der Waals surface area contributed by atoms with Crippen molar-refractivity contribution in [3.8, 4) is 0 Å². The SMILES string of the molecule is C[C@@H](NC(=O)N1CCC[C@H](C2(C)OCCO2)C1)c1ccoc1. The molecule has 0 aliphatic carbocycles. The van der Waals surface area contributed by atoms with Crippen LogP contribution in [-0.2, 0) is 9.47 Å². The summed E-state index contributed by atoms with van der Waals surface area (Å²) in [6.45, 7) is 6.65. The van der Waals surface area contributed by atoms with Crippen LogP contribution in [0.4, 0.5) is 4.79 Å². The van der Waals surface area contributed by atoms with Crippen molar-refractivity contribution in [1.29, 1.82) is 0 Å². The van der Waals surface area contributed by atoms with Crippen LogP contribution in [-0.4, -0.2) is 43.0 Å². The standard InChI is InChI=1S/C16H24N2O4/c1-12(13-5-7-20-11-13)17-15(19)18-6-3-4-14(10-18)16(2)21-8-9-22-16/h5,7,11-12,14H,3-4,6,8-10H2,1-2H3,(H,17,19)/t12-,14+/m1/s1. The Morgan fingerprint density at radius 3 is 2.91 bits per heavy atom. The van der Waals surface area contributed by atoms with Gasteiger partial charge >= 0.3 is 6.03 Å². The lowest BCUT2D eigenvalue weighted by molar-refractivity contribution is -0.189. The number of rotatable bonds is 3. The van der Waals surface area contributed by atoms with E-state index in [-0.39, 0.29) is 18.0 Å². The fraction of sp³-hybridized carbons (Fsp3) is 0.688. The molecule has 1 aromatic heterocycles. The first-order chi connectivity index (χ1) is 10.6. The lowest BCUT2D eigenvalue weighted by atomic mass is 9.90. The third-order valence-corrected chi connectivity index (χ3v) is 4.69. The summed E-state index contributed by atoms with van der Waals surface area (Å²) in [4.78, 5) is 14.3. The number of urea groups is 1. The van der Waals surface area contributed by atoms with Crippen LogP contribution < -0.4 is 5.32 Å². The van der Waals surface area contributed by atoms with Crippen molar-refractivity contribution < 1.29 is 18.7 Å². The first-order valence-corrected chi connectivity index (χ1v) is 7.94. The van der Waals surface area contributed by atoms with E-state index in [9.17, 15) is 4.79 Å². The zero-order valence-corrected chi connectivity index (χ0v) is 13.2. The van der Waals surface area contributed by atoms with Gasteiger partial charge in [0.1, 0.15) is 0 Å². The van der Waals surface area contributed by atoms with E-state index in [0.717, 1.165) is 24.9 Å². The Bertz CT molecular complexity index is 496. The molecule has 3 rings (SSSR count). The fourth-order valence-electron chi connectivity index (χ4n) is 3.24. The molecule has 0 spiro atoms. The van der Waals surface area contributed by atoms with Crippen LogP contribution in [0.25, 0.3) is 0 Å². The highest BCUT2D eigenvalue weighted by atomic mass is 16.7. The van der Waals surface area contributed by atoms with Crippen molar-refractivity contribution in [3.05, 3.63) is 24.2 Å². The summed E-state index contributed by atoms with van der Waals surface area (Å²) < 4.78 is 16.6. The number of amides is 2. The second kappa shape index (κ2) is 6.30. The number of piperidine rings is 1. The second-order valence-corrected chi connectivity index (χ2v) is 6.23. The number of nitrogens with one attached hydrogen (secondary N) is 1. The van der Waals surface area contributed by atoms with Crippen LogP contribution in [0.2, 0.25) is 0 Å². The van der Waals surface area contributed by atoms with Crippen LogP contribution in [0.15, 0.2) is 23.0 Å². The number of hydrogen-bond donors (Lipinski definition) is 1. The number of likely N-dealkylation sites (tertiary alicyclic amines) is 1. The average Bonchev–Trinajstić information content (AvgIpc) is 3.19. The highest BCUT2D eigenvalue weighted by Gasteiger charge is 2.42. The van der Waals surface area contributed by atoms with Crippen molar-refractivity contribution in [2.45, 2.75) is 38.5 Å². The Kier molecular flexibility index (Phi) is 4.40. The maximum absolute atomic E-state index is 12.5. The van der Waals surface area contributed by atoms with Gasteiger partial charge in [-0.05, 0) is 32.8 Å². The maximum atomic E-state index is 12.5. The Balaban J connectivity index is 1.58. The molecular formula is C16H24N2O4. The van der Waals surface area contributed by atoms with Crippen LogP contribution in [0.5, 0.6) is 0 Å². The first-order valence-electron chi connectivity index (χ1n) is 7.94. The van der Waals surface area contributed by atoms with Crippen molar-refractivity contribution >= 4 is 6.03 Å². The number of nitrogens with zero attached hydrogens (tertiary/aromatic N) is 1. The molecule has 6 nitrogen and oxygen atoms in total. The van der Waals surface area contributed by atoms with Gasteiger partial charge < -0.3 is 24.1 Å².